The largest absolute Gasteiger partial charge is 0.490 e. The van der Waals surface area contributed by atoms with Crippen LogP contribution in [0.1, 0.15) is 31.5 Å². The van der Waals surface area contributed by atoms with Gasteiger partial charge in [0.1, 0.15) is 24.7 Å². The molecule has 2 nitrogen and oxygen atoms in total. The van der Waals surface area contributed by atoms with E-state index in [1.54, 1.807) is 0 Å². The quantitative estimate of drug-likeness (QED) is 0.374. The van der Waals surface area contributed by atoms with E-state index in [0.29, 0.717) is 13.2 Å². The molecule has 1 heterocycles. The van der Waals surface area contributed by atoms with Gasteiger partial charge in [0, 0.05) is 8.40 Å². The molecule has 0 radical (unpaired) electrons. The van der Waals surface area contributed by atoms with E-state index in [1.165, 1.54) is 10.7 Å². The standard InChI is InChI=1S/C19H25IO2Si/c1-14-18(15(19(2,3)4)10-13-23(14)5)22-12-11-21-17-9-7-6-8-16(17)20/h6-10,13H,11-12H2,1-5H3. The van der Waals surface area contributed by atoms with Crippen molar-refractivity contribution in [2.45, 2.75) is 33.1 Å². The molecular formula is C19H25IO2Si. The van der Waals surface area contributed by atoms with Crippen molar-refractivity contribution in [2.24, 2.45) is 6.55 Å². The Morgan fingerprint density at radius 2 is 1.70 bits per heavy atom. The lowest BCUT2D eigenvalue weighted by Gasteiger charge is -2.25. The first-order chi connectivity index (χ1) is 10.8. The summed E-state index contributed by atoms with van der Waals surface area (Å²) >= 11 is 2.29. The second kappa shape index (κ2) is 7.79. The van der Waals surface area contributed by atoms with E-state index in [4.69, 9.17) is 9.47 Å². The Morgan fingerprint density at radius 1 is 1.04 bits per heavy atom. The molecule has 4 heteroatoms. The fourth-order valence-electron chi connectivity index (χ4n) is 2.42. The highest BCUT2D eigenvalue weighted by Crippen LogP contribution is 2.33. The summed E-state index contributed by atoms with van der Waals surface area (Å²) in [6, 6.07) is 10.3. The molecule has 0 atom stereocenters. The second-order valence-corrected chi connectivity index (χ2v) is 10.4. The Bertz CT molecular complexity index is 678. The fourth-order valence-corrected chi connectivity index (χ4v) is 4.20. The molecule has 0 saturated carbocycles. The van der Waals surface area contributed by atoms with Crippen LogP contribution in [0.5, 0.6) is 11.5 Å². The van der Waals surface area contributed by atoms with Crippen molar-refractivity contribution in [2.75, 3.05) is 13.2 Å². The van der Waals surface area contributed by atoms with E-state index in [2.05, 4.69) is 68.6 Å². The molecule has 0 saturated heterocycles. The number of rotatable bonds is 5. The number of benzene rings is 1. The lowest BCUT2D eigenvalue weighted by Crippen LogP contribution is -2.19. The smallest absolute Gasteiger partial charge is 0.132 e. The summed E-state index contributed by atoms with van der Waals surface area (Å²) < 4.78 is 13.1. The summed E-state index contributed by atoms with van der Waals surface area (Å²) in [6.45, 7) is 12.4. The molecule has 1 aromatic carbocycles. The molecule has 0 spiro atoms. The van der Waals surface area contributed by atoms with Crippen LogP contribution in [0.2, 0.25) is 0 Å². The number of aryl methyl sites for hydroxylation is 1. The average Bonchev–Trinajstić information content (AvgIpc) is 2.48. The van der Waals surface area contributed by atoms with Crippen LogP contribution in [-0.2, 0) is 12.0 Å². The lowest BCUT2D eigenvalue weighted by molar-refractivity contribution is 0.213. The van der Waals surface area contributed by atoms with Crippen LogP contribution in [0.15, 0.2) is 36.0 Å². The van der Waals surface area contributed by atoms with Gasteiger partial charge in [0.05, 0.1) is 3.57 Å². The molecule has 23 heavy (non-hydrogen) atoms. The van der Waals surface area contributed by atoms with Gasteiger partial charge in [0.25, 0.3) is 0 Å². The average molecular weight is 440 g/mol. The molecule has 2 aromatic rings. The Balaban J connectivity index is 2.06. The molecule has 0 bridgehead atoms. The van der Waals surface area contributed by atoms with Gasteiger partial charge in [-0.15, -0.1) is 0 Å². The molecule has 0 amide bonds. The van der Waals surface area contributed by atoms with Gasteiger partial charge in [-0.25, -0.2) is 0 Å². The van der Waals surface area contributed by atoms with Crippen LogP contribution in [0.4, 0.5) is 0 Å². The molecule has 1 aromatic heterocycles. The fraction of sp³-hybridized carbons (Fsp3) is 0.421. The van der Waals surface area contributed by atoms with Crippen molar-refractivity contribution >= 4 is 31.0 Å². The lowest BCUT2D eigenvalue weighted by atomic mass is 9.87. The van der Waals surface area contributed by atoms with Crippen molar-refractivity contribution in [3.8, 4) is 11.5 Å². The van der Waals surface area contributed by atoms with Gasteiger partial charge in [0.2, 0.25) is 0 Å². The number of ether oxygens (including phenoxy) is 2. The molecule has 0 aliphatic carbocycles. The van der Waals surface area contributed by atoms with Crippen molar-refractivity contribution < 1.29 is 9.47 Å². The van der Waals surface area contributed by atoms with Crippen LogP contribution in [0.25, 0.3) is 0 Å². The van der Waals surface area contributed by atoms with Gasteiger partial charge in [-0.05, 0) is 57.8 Å². The summed E-state index contributed by atoms with van der Waals surface area (Å²) in [7, 11) is -0.595. The van der Waals surface area contributed by atoms with Crippen molar-refractivity contribution in [1.82, 2.24) is 0 Å². The number of halogens is 1. The maximum absolute atomic E-state index is 6.16. The summed E-state index contributed by atoms with van der Waals surface area (Å²) in [4.78, 5) is 0. The van der Waals surface area contributed by atoms with Crippen molar-refractivity contribution in [1.29, 1.82) is 0 Å². The van der Waals surface area contributed by atoms with Crippen LogP contribution in [0.3, 0.4) is 0 Å². The minimum atomic E-state index is -0.595. The Hall–Kier alpha value is -0.883. The first-order valence-corrected chi connectivity index (χ1v) is 11.1. The van der Waals surface area contributed by atoms with Gasteiger partial charge in [-0.3, -0.25) is 0 Å². The SMILES string of the molecule is Cc1c(OCCOc2ccccc2I)c(C(C)(C)C)cc[si]1C. The van der Waals surface area contributed by atoms with Gasteiger partial charge in [-0.1, -0.05) is 51.2 Å². The summed E-state index contributed by atoms with van der Waals surface area (Å²) in [5.41, 5.74) is 3.74. The molecule has 124 valence electrons. The molecule has 0 fully saturated rings. The Morgan fingerprint density at radius 3 is 2.35 bits per heavy atom. The van der Waals surface area contributed by atoms with E-state index in [9.17, 15) is 0 Å². The second-order valence-electron chi connectivity index (χ2n) is 6.76. The van der Waals surface area contributed by atoms with Crippen molar-refractivity contribution in [3.05, 3.63) is 50.3 Å². The minimum Gasteiger partial charge on any atom is -0.490 e. The molecule has 0 aliphatic rings. The van der Waals surface area contributed by atoms with E-state index < -0.39 is 8.40 Å². The first-order valence-electron chi connectivity index (χ1n) is 7.91. The van der Waals surface area contributed by atoms with Gasteiger partial charge in [0.15, 0.2) is 0 Å². The van der Waals surface area contributed by atoms with Gasteiger partial charge in [-0.2, -0.15) is 0 Å². The maximum Gasteiger partial charge on any atom is 0.132 e. The summed E-state index contributed by atoms with van der Waals surface area (Å²) in [5, 5.41) is 1.40. The van der Waals surface area contributed by atoms with E-state index >= 15 is 0 Å². The van der Waals surface area contributed by atoms with E-state index in [0.717, 1.165) is 15.1 Å². The third-order valence-corrected chi connectivity index (χ3v) is 6.88. The number of hydrogen-bond donors (Lipinski definition) is 0. The van der Waals surface area contributed by atoms with E-state index in [1.807, 2.05) is 24.3 Å². The van der Waals surface area contributed by atoms with Crippen LogP contribution >= 0.6 is 22.6 Å². The highest BCUT2D eigenvalue weighted by molar-refractivity contribution is 14.1. The molecule has 0 aliphatic heterocycles. The highest BCUT2D eigenvalue weighted by Gasteiger charge is 2.21. The molecular weight excluding hydrogens is 415 g/mol. The Kier molecular flexibility index (Phi) is 6.25. The van der Waals surface area contributed by atoms with Crippen LogP contribution < -0.4 is 9.47 Å². The van der Waals surface area contributed by atoms with Gasteiger partial charge >= 0.3 is 0 Å². The topological polar surface area (TPSA) is 18.5 Å². The summed E-state index contributed by atoms with van der Waals surface area (Å²) in [6.07, 6.45) is 0. The third-order valence-electron chi connectivity index (χ3n) is 3.91. The third kappa shape index (κ3) is 4.80. The zero-order chi connectivity index (χ0) is 17.0. The highest BCUT2D eigenvalue weighted by atomic mass is 127. The number of para-hydroxylation sites is 1. The predicted molar refractivity (Wildman–Crippen MR) is 107 cm³/mol. The van der Waals surface area contributed by atoms with Crippen molar-refractivity contribution in [3.63, 3.8) is 0 Å². The van der Waals surface area contributed by atoms with Crippen LogP contribution in [-0.4, -0.2) is 21.6 Å². The first kappa shape index (κ1) is 18.5. The molecule has 0 N–H and O–H groups in total. The monoisotopic (exact) mass is 440 g/mol. The van der Waals surface area contributed by atoms with Gasteiger partial charge < -0.3 is 9.47 Å². The zero-order valence-electron chi connectivity index (χ0n) is 14.6. The molecule has 2 rings (SSSR count). The summed E-state index contributed by atoms with van der Waals surface area (Å²) in [5.74, 6) is 2.01. The maximum atomic E-state index is 6.16. The zero-order valence-corrected chi connectivity index (χ0v) is 17.7. The minimum absolute atomic E-state index is 0.0886. The van der Waals surface area contributed by atoms with Crippen LogP contribution in [0, 0.1) is 10.5 Å². The normalized spacial score (nSPS) is 11.4. The number of hydrogen-bond acceptors (Lipinski definition) is 2. The van der Waals surface area contributed by atoms with E-state index in [-0.39, 0.29) is 5.41 Å². The molecule has 0 unspecified atom stereocenters. The predicted octanol–water partition coefficient (Wildman–Crippen LogP) is 4.92. The Labute approximate surface area is 154 Å².